The summed E-state index contributed by atoms with van der Waals surface area (Å²) in [5.41, 5.74) is 2.05. The molecule has 110 valence electrons. The van der Waals surface area contributed by atoms with Crippen LogP contribution in [0.4, 0.5) is 5.13 Å². The molecule has 0 saturated heterocycles. The van der Waals surface area contributed by atoms with Gasteiger partial charge in [0.1, 0.15) is 5.92 Å². The Balaban J connectivity index is 1.67. The molecule has 6 heteroatoms. The molecule has 21 heavy (non-hydrogen) atoms. The first kappa shape index (κ1) is 14.0. The summed E-state index contributed by atoms with van der Waals surface area (Å²) in [6, 6.07) is 3.94. The van der Waals surface area contributed by atoms with Crippen LogP contribution in [0.15, 0.2) is 24.5 Å². The van der Waals surface area contributed by atoms with E-state index in [4.69, 9.17) is 4.74 Å². The number of rotatable bonds is 5. The molecule has 1 aliphatic carbocycles. The molecule has 0 saturated carbocycles. The van der Waals surface area contributed by atoms with Gasteiger partial charge in [-0.1, -0.05) is 0 Å². The molecule has 0 spiro atoms. The molecule has 2 heterocycles. The molecule has 0 aromatic carbocycles. The van der Waals surface area contributed by atoms with E-state index in [-0.39, 0.29) is 11.9 Å². The van der Waals surface area contributed by atoms with Gasteiger partial charge in [-0.25, -0.2) is 4.98 Å². The number of nitrogens with zero attached hydrogens (tertiary/aromatic N) is 2. The number of ether oxygens (including phenoxy) is 1. The van der Waals surface area contributed by atoms with Gasteiger partial charge < -0.3 is 10.1 Å². The minimum atomic E-state index is -0.187. The number of carbonyl (C=O) groups excluding carboxylic acids is 1. The van der Waals surface area contributed by atoms with Crippen LogP contribution in [0.1, 0.15) is 35.4 Å². The molecule has 3 rings (SSSR count). The standard InChI is InChI=1S/C15H17N3O2S/c1-2-20-14(19)11-3-4-12-13(11)18-15(21-12)17-9-10-5-7-16-8-6-10/h5-8,11H,2-4,9H2,1H3,(H,17,18). The molecule has 0 radical (unpaired) electrons. The van der Waals surface area contributed by atoms with Gasteiger partial charge in [0.25, 0.3) is 0 Å². The van der Waals surface area contributed by atoms with Gasteiger partial charge in [-0.3, -0.25) is 9.78 Å². The zero-order chi connectivity index (χ0) is 14.7. The van der Waals surface area contributed by atoms with Crippen LogP contribution in [0.2, 0.25) is 0 Å². The summed E-state index contributed by atoms with van der Waals surface area (Å²) in [6.07, 6.45) is 5.27. The second-order valence-electron chi connectivity index (χ2n) is 4.88. The number of pyridine rings is 1. The molecule has 0 amide bonds. The van der Waals surface area contributed by atoms with Crippen LogP contribution in [-0.4, -0.2) is 22.5 Å². The van der Waals surface area contributed by atoms with Crippen molar-refractivity contribution >= 4 is 22.4 Å². The minimum Gasteiger partial charge on any atom is -0.465 e. The Morgan fingerprint density at radius 2 is 2.29 bits per heavy atom. The fourth-order valence-electron chi connectivity index (χ4n) is 2.45. The maximum absolute atomic E-state index is 11.9. The topological polar surface area (TPSA) is 64.1 Å². The van der Waals surface area contributed by atoms with E-state index in [2.05, 4.69) is 15.3 Å². The number of carbonyl (C=O) groups is 1. The van der Waals surface area contributed by atoms with Crippen molar-refractivity contribution in [2.45, 2.75) is 32.2 Å². The molecule has 1 unspecified atom stereocenters. The third kappa shape index (κ3) is 3.05. The highest BCUT2D eigenvalue weighted by Crippen LogP contribution is 2.39. The maximum Gasteiger partial charge on any atom is 0.315 e. The molecule has 1 atom stereocenters. The number of hydrogen-bond donors (Lipinski definition) is 1. The van der Waals surface area contributed by atoms with E-state index in [1.165, 1.54) is 4.88 Å². The van der Waals surface area contributed by atoms with Crippen molar-refractivity contribution in [1.82, 2.24) is 9.97 Å². The van der Waals surface area contributed by atoms with Crippen molar-refractivity contribution in [3.8, 4) is 0 Å². The Bertz CT molecular complexity index is 627. The highest BCUT2D eigenvalue weighted by molar-refractivity contribution is 7.15. The molecule has 2 aromatic rings. The summed E-state index contributed by atoms with van der Waals surface area (Å²) in [7, 11) is 0. The van der Waals surface area contributed by atoms with E-state index in [0.29, 0.717) is 13.2 Å². The number of hydrogen-bond acceptors (Lipinski definition) is 6. The summed E-state index contributed by atoms with van der Waals surface area (Å²) < 4.78 is 5.12. The van der Waals surface area contributed by atoms with Crippen LogP contribution in [0.25, 0.3) is 0 Å². The Morgan fingerprint density at radius 3 is 3.05 bits per heavy atom. The lowest BCUT2D eigenvalue weighted by molar-refractivity contribution is -0.145. The van der Waals surface area contributed by atoms with Crippen LogP contribution in [-0.2, 0) is 22.5 Å². The SMILES string of the molecule is CCOC(=O)C1CCc2sc(NCc3ccncc3)nc21. The number of thiazole rings is 1. The van der Waals surface area contributed by atoms with Crippen LogP contribution < -0.4 is 5.32 Å². The Kier molecular flexibility index (Phi) is 4.15. The number of aromatic nitrogens is 2. The summed E-state index contributed by atoms with van der Waals surface area (Å²) in [5, 5.41) is 4.18. The Morgan fingerprint density at radius 1 is 1.48 bits per heavy atom. The monoisotopic (exact) mass is 303 g/mol. The smallest absolute Gasteiger partial charge is 0.315 e. The van der Waals surface area contributed by atoms with Crippen molar-refractivity contribution in [2.75, 3.05) is 11.9 Å². The van der Waals surface area contributed by atoms with Crippen LogP contribution >= 0.6 is 11.3 Å². The van der Waals surface area contributed by atoms with Crippen molar-refractivity contribution in [2.24, 2.45) is 0 Å². The Labute approximate surface area is 127 Å². The summed E-state index contributed by atoms with van der Waals surface area (Å²) in [5.74, 6) is -0.338. The van der Waals surface area contributed by atoms with Gasteiger partial charge in [-0.05, 0) is 37.5 Å². The lowest BCUT2D eigenvalue weighted by atomic mass is 10.1. The molecular formula is C15H17N3O2S. The first-order valence-electron chi connectivity index (χ1n) is 7.07. The summed E-state index contributed by atoms with van der Waals surface area (Å²) in [4.78, 5) is 21.7. The van der Waals surface area contributed by atoms with E-state index in [1.807, 2.05) is 19.1 Å². The highest BCUT2D eigenvalue weighted by Gasteiger charge is 2.33. The van der Waals surface area contributed by atoms with E-state index in [0.717, 1.165) is 29.2 Å². The van der Waals surface area contributed by atoms with Gasteiger partial charge in [0, 0.05) is 23.8 Å². The number of aryl methyl sites for hydroxylation is 1. The first-order valence-corrected chi connectivity index (χ1v) is 7.88. The fourth-order valence-corrected chi connectivity index (χ4v) is 3.49. The first-order chi connectivity index (χ1) is 10.3. The average Bonchev–Trinajstić information content (AvgIpc) is 3.06. The van der Waals surface area contributed by atoms with Gasteiger partial charge >= 0.3 is 5.97 Å². The van der Waals surface area contributed by atoms with Gasteiger partial charge in [-0.2, -0.15) is 0 Å². The van der Waals surface area contributed by atoms with Gasteiger partial charge in [0.2, 0.25) is 0 Å². The minimum absolute atomic E-state index is 0.151. The van der Waals surface area contributed by atoms with Crippen molar-refractivity contribution < 1.29 is 9.53 Å². The van der Waals surface area contributed by atoms with E-state index in [1.54, 1.807) is 23.7 Å². The zero-order valence-electron chi connectivity index (χ0n) is 11.8. The maximum atomic E-state index is 11.9. The van der Waals surface area contributed by atoms with E-state index < -0.39 is 0 Å². The number of nitrogens with one attached hydrogen (secondary N) is 1. The molecule has 0 fully saturated rings. The third-order valence-electron chi connectivity index (χ3n) is 3.48. The normalized spacial score (nSPS) is 16.5. The third-order valence-corrected chi connectivity index (χ3v) is 4.57. The van der Waals surface area contributed by atoms with Crippen molar-refractivity contribution in [3.63, 3.8) is 0 Å². The van der Waals surface area contributed by atoms with Crippen LogP contribution in [0.3, 0.4) is 0 Å². The molecule has 1 N–H and O–H groups in total. The van der Waals surface area contributed by atoms with E-state index in [9.17, 15) is 4.79 Å². The van der Waals surface area contributed by atoms with Crippen molar-refractivity contribution in [3.05, 3.63) is 40.7 Å². The molecule has 2 aromatic heterocycles. The predicted molar refractivity (Wildman–Crippen MR) is 81.4 cm³/mol. The van der Waals surface area contributed by atoms with Gasteiger partial charge in [0.05, 0.1) is 12.3 Å². The molecule has 0 bridgehead atoms. The average molecular weight is 303 g/mol. The number of fused-ring (bicyclic) bond motifs is 1. The lowest BCUT2D eigenvalue weighted by Crippen LogP contribution is -2.14. The number of esters is 1. The van der Waals surface area contributed by atoms with E-state index >= 15 is 0 Å². The van der Waals surface area contributed by atoms with Gasteiger partial charge in [-0.15, -0.1) is 11.3 Å². The molecule has 1 aliphatic rings. The second-order valence-corrected chi connectivity index (χ2v) is 5.96. The number of anilines is 1. The van der Waals surface area contributed by atoms with Gasteiger partial charge in [0.15, 0.2) is 5.13 Å². The predicted octanol–water partition coefficient (Wildman–Crippen LogP) is 2.74. The quantitative estimate of drug-likeness (QED) is 0.860. The second kappa shape index (κ2) is 6.22. The van der Waals surface area contributed by atoms with Crippen LogP contribution in [0, 0.1) is 0 Å². The molecular weight excluding hydrogens is 286 g/mol. The lowest BCUT2D eigenvalue weighted by Gasteiger charge is -2.08. The molecule has 5 nitrogen and oxygen atoms in total. The highest BCUT2D eigenvalue weighted by atomic mass is 32.1. The largest absolute Gasteiger partial charge is 0.465 e. The summed E-state index contributed by atoms with van der Waals surface area (Å²) >= 11 is 1.63. The zero-order valence-corrected chi connectivity index (χ0v) is 12.7. The summed E-state index contributed by atoms with van der Waals surface area (Å²) in [6.45, 7) is 2.96. The fraction of sp³-hybridized carbons (Fsp3) is 0.400. The van der Waals surface area contributed by atoms with Crippen molar-refractivity contribution in [1.29, 1.82) is 0 Å². The van der Waals surface area contributed by atoms with Crippen LogP contribution in [0.5, 0.6) is 0 Å². The molecule has 0 aliphatic heterocycles. The Hall–Kier alpha value is -1.95.